The summed E-state index contributed by atoms with van der Waals surface area (Å²) in [6.07, 6.45) is 3.47. The van der Waals surface area contributed by atoms with Gasteiger partial charge in [-0.2, -0.15) is 0 Å². The van der Waals surface area contributed by atoms with E-state index in [-0.39, 0.29) is 12.0 Å². The summed E-state index contributed by atoms with van der Waals surface area (Å²) in [6.45, 7) is 4.79. The van der Waals surface area contributed by atoms with Crippen molar-refractivity contribution >= 4 is 5.95 Å². The predicted molar refractivity (Wildman–Crippen MR) is 47.5 cm³/mol. The highest BCUT2D eigenvalue weighted by molar-refractivity contribution is 5.16. The number of aliphatic hydroxyl groups is 1. The molecule has 3 N–H and O–H groups in total. The third kappa shape index (κ3) is 1.98. The van der Waals surface area contributed by atoms with Crippen molar-refractivity contribution in [3.05, 3.63) is 12.4 Å². The fraction of sp³-hybridized carbons (Fsp3) is 0.625. The van der Waals surface area contributed by atoms with Crippen molar-refractivity contribution in [2.75, 3.05) is 12.3 Å². The van der Waals surface area contributed by atoms with Gasteiger partial charge in [0, 0.05) is 31.0 Å². The average Bonchev–Trinajstić information content (AvgIpc) is 2.36. The number of hydrogen-bond donors (Lipinski definition) is 2. The van der Waals surface area contributed by atoms with E-state index in [0.717, 1.165) is 0 Å². The summed E-state index contributed by atoms with van der Waals surface area (Å²) in [7, 11) is 0. The summed E-state index contributed by atoms with van der Waals surface area (Å²) in [5, 5.41) is 9.01. The van der Waals surface area contributed by atoms with Crippen molar-refractivity contribution in [1.29, 1.82) is 0 Å². The number of hydrogen-bond acceptors (Lipinski definition) is 3. The van der Waals surface area contributed by atoms with Crippen LogP contribution in [0.1, 0.15) is 13.8 Å². The molecule has 0 fully saturated rings. The lowest BCUT2D eigenvalue weighted by atomic mass is 9.95. The molecule has 0 saturated carbocycles. The van der Waals surface area contributed by atoms with Gasteiger partial charge in [-0.1, -0.05) is 13.8 Å². The van der Waals surface area contributed by atoms with Crippen molar-refractivity contribution < 1.29 is 5.11 Å². The molecule has 0 aromatic carbocycles. The number of rotatable bonds is 3. The van der Waals surface area contributed by atoms with Crippen LogP contribution in [0.15, 0.2) is 12.4 Å². The van der Waals surface area contributed by atoms with E-state index in [1.807, 2.05) is 24.6 Å². The van der Waals surface area contributed by atoms with Crippen molar-refractivity contribution in [2.45, 2.75) is 20.4 Å². The molecule has 1 rings (SSSR count). The van der Waals surface area contributed by atoms with Crippen LogP contribution in [0.3, 0.4) is 0 Å². The maximum Gasteiger partial charge on any atom is 0.200 e. The molecule has 0 amide bonds. The summed E-state index contributed by atoms with van der Waals surface area (Å²) in [4.78, 5) is 3.89. The van der Waals surface area contributed by atoms with Gasteiger partial charge in [-0.25, -0.2) is 4.98 Å². The standard InChI is InChI=1S/C8H15N3O/c1-8(2,6-12)5-11-4-3-10-7(11)9/h3-4,12H,5-6H2,1-2H3,(H2,9,10). The van der Waals surface area contributed by atoms with Gasteiger partial charge in [-0.3, -0.25) is 0 Å². The Balaban J connectivity index is 2.70. The second-order valence-electron chi connectivity index (χ2n) is 3.74. The van der Waals surface area contributed by atoms with E-state index in [9.17, 15) is 0 Å². The lowest BCUT2D eigenvalue weighted by molar-refractivity contribution is 0.141. The van der Waals surface area contributed by atoms with Gasteiger partial charge in [0.15, 0.2) is 5.95 Å². The highest BCUT2D eigenvalue weighted by Crippen LogP contribution is 2.17. The van der Waals surface area contributed by atoms with E-state index in [2.05, 4.69) is 4.98 Å². The molecule has 0 aliphatic rings. The first-order valence-corrected chi connectivity index (χ1v) is 3.93. The van der Waals surface area contributed by atoms with Gasteiger partial charge < -0.3 is 15.4 Å². The first-order valence-electron chi connectivity index (χ1n) is 3.93. The summed E-state index contributed by atoms with van der Waals surface area (Å²) < 4.78 is 1.83. The van der Waals surface area contributed by atoms with Crippen LogP contribution in [0.5, 0.6) is 0 Å². The number of aromatic nitrogens is 2. The van der Waals surface area contributed by atoms with Crippen molar-refractivity contribution in [2.24, 2.45) is 5.41 Å². The smallest absolute Gasteiger partial charge is 0.200 e. The van der Waals surface area contributed by atoms with Crippen LogP contribution < -0.4 is 5.73 Å². The molecule has 0 unspecified atom stereocenters. The zero-order valence-corrected chi connectivity index (χ0v) is 7.49. The van der Waals surface area contributed by atoms with E-state index in [1.165, 1.54) is 0 Å². The molecule has 0 aliphatic heterocycles. The van der Waals surface area contributed by atoms with Gasteiger partial charge in [-0.05, 0) is 0 Å². The van der Waals surface area contributed by atoms with Gasteiger partial charge in [0.2, 0.25) is 0 Å². The highest BCUT2D eigenvalue weighted by atomic mass is 16.3. The zero-order valence-electron chi connectivity index (χ0n) is 7.49. The Morgan fingerprint density at radius 1 is 1.67 bits per heavy atom. The summed E-state index contributed by atoms with van der Waals surface area (Å²) in [5.74, 6) is 0.497. The minimum atomic E-state index is -0.144. The maximum absolute atomic E-state index is 9.01. The van der Waals surface area contributed by atoms with E-state index < -0.39 is 0 Å². The Labute approximate surface area is 72.0 Å². The fourth-order valence-electron chi connectivity index (χ4n) is 0.986. The average molecular weight is 169 g/mol. The van der Waals surface area contributed by atoms with Crippen LogP contribution in [0, 0.1) is 5.41 Å². The van der Waals surface area contributed by atoms with E-state index in [0.29, 0.717) is 12.5 Å². The Morgan fingerprint density at radius 2 is 2.33 bits per heavy atom. The Bertz CT molecular complexity index is 255. The third-order valence-corrected chi connectivity index (χ3v) is 1.77. The molecule has 0 aliphatic carbocycles. The molecule has 12 heavy (non-hydrogen) atoms. The Hall–Kier alpha value is -1.03. The second kappa shape index (κ2) is 3.15. The van der Waals surface area contributed by atoms with Gasteiger partial charge in [0.05, 0.1) is 0 Å². The van der Waals surface area contributed by atoms with Crippen LogP contribution in [0.2, 0.25) is 0 Å². The summed E-state index contributed by atoms with van der Waals surface area (Å²) >= 11 is 0. The minimum Gasteiger partial charge on any atom is -0.396 e. The van der Waals surface area contributed by atoms with E-state index >= 15 is 0 Å². The van der Waals surface area contributed by atoms with Crippen LogP contribution in [-0.4, -0.2) is 21.3 Å². The van der Waals surface area contributed by atoms with Crippen LogP contribution in [-0.2, 0) is 6.54 Å². The molecule has 0 radical (unpaired) electrons. The molecule has 1 heterocycles. The minimum absolute atomic E-state index is 0.143. The number of nitrogens with two attached hydrogens (primary N) is 1. The van der Waals surface area contributed by atoms with Gasteiger partial charge in [0.1, 0.15) is 0 Å². The number of nitrogens with zero attached hydrogens (tertiary/aromatic N) is 2. The van der Waals surface area contributed by atoms with E-state index in [1.54, 1.807) is 6.20 Å². The maximum atomic E-state index is 9.01. The topological polar surface area (TPSA) is 64.1 Å². The molecule has 4 heteroatoms. The Kier molecular flexibility index (Phi) is 2.38. The van der Waals surface area contributed by atoms with Crippen LogP contribution in [0.4, 0.5) is 5.95 Å². The molecular weight excluding hydrogens is 154 g/mol. The zero-order chi connectivity index (χ0) is 9.19. The molecular formula is C8H15N3O. The Morgan fingerprint density at radius 3 is 2.75 bits per heavy atom. The lowest BCUT2D eigenvalue weighted by Gasteiger charge is -2.22. The third-order valence-electron chi connectivity index (χ3n) is 1.77. The number of anilines is 1. The second-order valence-corrected chi connectivity index (χ2v) is 3.74. The van der Waals surface area contributed by atoms with Crippen molar-refractivity contribution in [1.82, 2.24) is 9.55 Å². The largest absolute Gasteiger partial charge is 0.396 e. The fourth-order valence-corrected chi connectivity index (χ4v) is 0.986. The molecule has 0 bridgehead atoms. The molecule has 0 spiro atoms. The number of imidazole rings is 1. The lowest BCUT2D eigenvalue weighted by Crippen LogP contribution is -2.24. The first kappa shape index (κ1) is 9.06. The highest BCUT2D eigenvalue weighted by Gasteiger charge is 2.17. The van der Waals surface area contributed by atoms with Crippen LogP contribution >= 0.6 is 0 Å². The number of aliphatic hydroxyl groups excluding tert-OH is 1. The first-order chi connectivity index (χ1) is 5.55. The molecule has 0 atom stereocenters. The van der Waals surface area contributed by atoms with Gasteiger partial charge in [-0.15, -0.1) is 0 Å². The van der Waals surface area contributed by atoms with Crippen molar-refractivity contribution in [3.8, 4) is 0 Å². The van der Waals surface area contributed by atoms with Crippen LogP contribution in [0.25, 0.3) is 0 Å². The van der Waals surface area contributed by atoms with Crippen molar-refractivity contribution in [3.63, 3.8) is 0 Å². The van der Waals surface area contributed by atoms with Gasteiger partial charge in [0.25, 0.3) is 0 Å². The van der Waals surface area contributed by atoms with Gasteiger partial charge >= 0.3 is 0 Å². The molecule has 1 aromatic heterocycles. The monoisotopic (exact) mass is 169 g/mol. The quantitative estimate of drug-likeness (QED) is 0.692. The predicted octanol–water partition coefficient (Wildman–Crippen LogP) is 0.484. The molecule has 68 valence electrons. The number of nitrogen functional groups attached to an aromatic ring is 1. The molecule has 1 aromatic rings. The van der Waals surface area contributed by atoms with E-state index in [4.69, 9.17) is 10.8 Å². The SMILES string of the molecule is CC(C)(CO)Cn1ccnc1N. The molecule has 0 saturated heterocycles. The summed E-state index contributed by atoms with van der Waals surface area (Å²) in [6, 6.07) is 0. The molecule has 4 nitrogen and oxygen atoms in total. The normalized spacial score (nSPS) is 11.9. The summed E-state index contributed by atoms with van der Waals surface area (Å²) in [5.41, 5.74) is 5.43.